The summed E-state index contributed by atoms with van der Waals surface area (Å²) in [4.78, 5) is 24.8. The minimum Gasteiger partial charge on any atom is -0.462 e. The zero-order chi connectivity index (χ0) is 21.1. The minimum absolute atomic E-state index is 0.106. The Morgan fingerprint density at radius 1 is 1.25 bits per heavy atom. The normalized spacial score (nSPS) is 24.2. The molecule has 5 atom stereocenters. The van der Waals surface area contributed by atoms with E-state index in [0.29, 0.717) is 6.42 Å². The maximum Gasteiger partial charge on any atom is 0.432 e. The number of hydrogen-bond donors (Lipinski definition) is 0. The van der Waals surface area contributed by atoms with Crippen molar-refractivity contribution in [2.24, 2.45) is 11.8 Å². The first kappa shape index (κ1) is 22.2. The molecule has 156 valence electrons. The standard InChI is InChI=1S/C20H25F3O5/c1-5-12(2)16-11-15(17(24)28-16)13(3)27-18(25)19(26-4,20(21,22)23)14-9-7-6-8-10-14/h6-10,12-13,15-16H,5,11H2,1-4H3/t12-,13+,15-,16-,19+/m0/s1. The second-order valence-corrected chi connectivity index (χ2v) is 7.06. The predicted molar refractivity (Wildman–Crippen MR) is 94.2 cm³/mol. The van der Waals surface area contributed by atoms with E-state index in [1.54, 1.807) is 0 Å². The summed E-state index contributed by atoms with van der Waals surface area (Å²) in [7, 11) is 0.801. The number of carbonyl (C=O) groups excluding carboxylic acids is 2. The number of ether oxygens (including phenoxy) is 3. The van der Waals surface area contributed by atoms with Gasteiger partial charge < -0.3 is 14.2 Å². The van der Waals surface area contributed by atoms with Crippen molar-refractivity contribution in [3.05, 3.63) is 35.9 Å². The van der Waals surface area contributed by atoms with Crippen LogP contribution < -0.4 is 0 Å². The van der Waals surface area contributed by atoms with Crippen molar-refractivity contribution in [1.82, 2.24) is 0 Å². The largest absolute Gasteiger partial charge is 0.462 e. The van der Waals surface area contributed by atoms with Crippen molar-refractivity contribution in [2.75, 3.05) is 7.11 Å². The van der Waals surface area contributed by atoms with E-state index < -0.39 is 41.3 Å². The Hall–Kier alpha value is -2.09. The van der Waals surface area contributed by atoms with Crippen molar-refractivity contribution in [3.8, 4) is 0 Å². The number of benzene rings is 1. The van der Waals surface area contributed by atoms with Gasteiger partial charge in [0.15, 0.2) is 0 Å². The van der Waals surface area contributed by atoms with Gasteiger partial charge in [0.2, 0.25) is 0 Å². The van der Waals surface area contributed by atoms with Crippen LogP contribution in [0.15, 0.2) is 30.3 Å². The fourth-order valence-electron chi connectivity index (χ4n) is 3.35. The molecule has 0 radical (unpaired) electrons. The Morgan fingerprint density at radius 3 is 2.36 bits per heavy atom. The van der Waals surface area contributed by atoms with E-state index in [0.717, 1.165) is 25.7 Å². The van der Waals surface area contributed by atoms with Crippen LogP contribution in [0.1, 0.15) is 39.2 Å². The lowest BCUT2D eigenvalue weighted by molar-refractivity contribution is -0.278. The third-order valence-corrected chi connectivity index (χ3v) is 5.37. The Bertz CT molecular complexity index is 691. The van der Waals surface area contributed by atoms with E-state index in [9.17, 15) is 22.8 Å². The van der Waals surface area contributed by atoms with Crippen molar-refractivity contribution >= 4 is 11.9 Å². The number of carbonyl (C=O) groups is 2. The van der Waals surface area contributed by atoms with E-state index in [1.807, 2.05) is 13.8 Å². The van der Waals surface area contributed by atoms with Crippen LogP contribution in [-0.4, -0.2) is 37.4 Å². The molecule has 0 aliphatic carbocycles. The van der Waals surface area contributed by atoms with Gasteiger partial charge in [-0.2, -0.15) is 13.2 Å². The molecule has 0 bridgehead atoms. The third kappa shape index (κ3) is 4.01. The molecule has 1 fully saturated rings. The molecule has 0 amide bonds. The number of cyclic esters (lactones) is 1. The molecule has 8 heteroatoms. The molecule has 0 aromatic heterocycles. The maximum atomic E-state index is 13.9. The van der Waals surface area contributed by atoms with Gasteiger partial charge in [-0.25, -0.2) is 4.79 Å². The van der Waals surface area contributed by atoms with Gasteiger partial charge in [-0.1, -0.05) is 50.6 Å². The molecular formula is C20H25F3O5. The van der Waals surface area contributed by atoms with Gasteiger partial charge in [0.1, 0.15) is 12.2 Å². The Kier molecular flexibility index (Phi) is 6.75. The van der Waals surface area contributed by atoms with Gasteiger partial charge in [0, 0.05) is 19.1 Å². The predicted octanol–water partition coefficient (Wildman–Crippen LogP) is 4.00. The summed E-state index contributed by atoms with van der Waals surface area (Å²) in [5, 5.41) is 0. The fraction of sp³-hybridized carbons (Fsp3) is 0.600. The van der Waals surface area contributed by atoms with Crippen LogP contribution in [0, 0.1) is 11.8 Å². The summed E-state index contributed by atoms with van der Waals surface area (Å²) in [5.41, 5.74) is -3.67. The first-order valence-electron chi connectivity index (χ1n) is 9.17. The van der Waals surface area contributed by atoms with Crippen LogP contribution in [0.25, 0.3) is 0 Å². The number of esters is 2. The van der Waals surface area contributed by atoms with E-state index in [-0.39, 0.29) is 12.0 Å². The van der Waals surface area contributed by atoms with Crippen LogP contribution in [0.2, 0.25) is 0 Å². The molecular weight excluding hydrogens is 377 g/mol. The SMILES string of the molecule is CC[C@H](C)[C@@H]1C[C@@H]([C@@H](C)OC(=O)[C@](OC)(c2ccccc2)C(F)(F)F)C(=O)O1. The summed E-state index contributed by atoms with van der Waals surface area (Å²) >= 11 is 0. The summed E-state index contributed by atoms with van der Waals surface area (Å²) in [6.07, 6.45) is -5.41. The average Bonchev–Trinajstić information content (AvgIpc) is 3.03. The zero-order valence-corrected chi connectivity index (χ0v) is 16.3. The van der Waals surface area contributed by atoms with Crippen molar-refractivity contribution in [3.63, 3.8) is 0 Å². The number of halogens is 3. The molecule has 1 aliphatic heterocycles. The van der Waals surface area contributed by atoms with Gasteiger partial charge in [-0.3, -0.25) is 4.79 Å². The number of rotatable bonds is 7. The molecule has 0 unspecified atom stereocenters. The number of alkyl halides is 3. The fourth-order valence-corrected chi connectivity index (χ4v) is 3.35. The highest BCUT2D eigenvalue weighted by Crippen LogP contribution is 2.43. The smallest absolute Gasteiger partial charge is 0.432 e. The monoisotopic (exact) mass is 402 g/mol. The molecule has 1 aromatic rings. The first-order chi connectivity index (χ1) is 13.1. The quantitative estimate of drug-likeness (QED) is 0.645. The van der Waals surface area contributed by atoms with Gasteiger partial charge in [0.25, 0.3) is 5.60 Å². The third-order valence-electron chi connectivity index (χ3n) is 5.37. The lowest BCUT2D eigenvalue weighted by Gasteiger charge is -2.33. The lowest BCUT2D eigenvalue weighted by Crippen LogP contribution is -2.52. The van der Waals surface area contributed by atoms with Gasteiger partial charge in [-0.15, -0.1) is 0 Å². The van der Waals surface area contributed by atoms with E-state index in [4.69, 9.17) is 14.2 Å². The maximum absolute atomic E-state index is 13.9. The molecule has 1 saturated heterocycles. The summed E-state index contributed by atoms with van der Waals surface area (Å²) in [6, 6.07) is 6.56. The number of methoxy groups -OCH3 is 1. The van der Waals surface area contributed by atoms with Crippen LogP contribution >= 0.6 is 0 Å². The van der Waals surface area contributed by atoms with E-state index >= 15 is 0 Å². The molecule has 28 heavy (non-hydrogen) atoms. The first-order valence-corrected chi connectivity index (χ1v) is 9.17. The molecule has 2 rings (SSSR count). The van der Waals surface area contributed by atoms with Crippen LogP contribution in [0.3, 0.4) is 0 Å². The summed E-state index contributed by atoms with van der Waals surface area (Å²) in [6.45, 7) is 5.27. The molecule has 1 aliphatic rings. The van der Waals surface area contributed by atoms with Crippen LogP contribution in [0.5, 0.6) is 0 Å². The van der Waals surface area contributed by atoms with Gasteiger partial charge in [0.05, 0.1) is 5.92 Å². The molecule has 5 nitrogen and oxygen atoms in total. The Balaban J connectivity index is 2.26. The zero-order valence-electron chi connectivity index (χ0n) is 16.3. The van der Waals surface area contributed by atoms with Gasteiger partial charge >= 0.3 is 18.1 Å². The Labute approximate surface area is 162 Å². The van der Waals surface area contributed by atoms with Crippen molar-refractivity contribution in [2.45, 2.75) is 57.6 Å². The van der Waals surface area contributed by atoms with E-state index in [2.05, 4.69) is 0 Å². The molecule has 0 N–H and O–H groups in total. The van der Waals surface area contributed by atoms with E-state index in [1.165, 1.54) is 25.1 Å². The highest BCUT2D eigenvalue weighted by atomic mass is 19.4. The topological polar surface area (TPSA) is 61.8 Å². The van der Waals surface area contributed by atoms with Crippen LogP contribution in [0.4, 0.5) is 13.2 Å². The average molecular weight is 402 g/mol. The minimum atomic E-state index is -5.06. The lowest BCUT2D eigenvalue weighted by atomic mass is 9.91. The second kappa shape index (κ2) is 8.51. The van der Waals surface area contributed by atoms with Crippen molar-refractivity contribution < 1.29 is 37.0 Å². The molecule has 0 spiro atoms. The van der Waals surface area contributed by atoms with Crippen LogP contribution in [-0.2, 0) is 29.4 Å². The second-order valence-electron chi connectivity index (χ2n) is 7.06. The molecule has 1 aromatic carbocycles. The highest BCUT2D eigenvalue weighted by molar-refractivity contribution is 5.83. The summed E-state index contributed by atoms with van der Waals surface area (Å²) in [5.74, 6) is -2.89. The molecule has 0 saturated carbocycles. The number of hydrogen-bond acceptors (Lipinski definition) is 5. The Morgan fingerprint density at radius 2 is 1.86 bits per heavy atom. The summed E-state index contributed by atoms with van der Waals surface area (Å²) < 4.78 is 56.9. The highest BCUT2D eigenvalue weighted by Gasteiger charge is 2.64. The van der Waals surface area contributed by atoms with Gasteiger partial charge in [-0.05, 0) is 12.8 Å². The molecule has 1 heterocycles. The van der Waals surface area contributed by atoms with Crippen molar-refractivity contribution in [1.29, 1.82) is 0 Å².